The zero-order valence-corrected chi connectivity index (χ0v) is 35.7. The number of phosphoric ester groups is 1. The summed E-state index contributed by atoms with van der Waals surface area (Å²) < 4.78 is 32.6. The Bertz CT molecular complexity index is 1160. The predicted octanol–water partition coefficient (Wildman–Crippen LogP) is 11.3. The second-order valence-electron chi connectivity index (χ2n) is 14.0. The molecule has 0 saturated heterocycles. The summed E-state index contributed by atoms with van der Waals surface area (Å²) in [5.41, 5.74) is 0. The molecule has 3 N–H and O–H groups in total. The molecule has 11 heteroatoms. The Balaban J connectivity index is 4.44. The van der Waals surface area contributed by atoms with Crippen LogP contribution in [-0.2, 0) is 32.7 Å². The standard InChI is InChI=1S/C45H77O10P/c1-3-5-7-9-11-13-15-17-19-20-21-22-23-25-27-29-31-33-35-37-45(49)55-43(41-54-56(50,51)53-39-42(47)38-46)40-52-44(48)36-34-32-30-28-26-24-18-16-14-12-10-8-6-4-2/h5,7,11,13,17,19,21-22,25,27,31,33,42-43,46-47H,3-4,6,8-10,12,14-16,18,20,23-24,26,28-30,32,34-41H2,1-2H3,(H,50,51)/b7-5+,13-11+,19-17+,22-21+,27-25+,33-31+/t42-,43+/m0/s1. The van der Waals surface area contributed by atoms with E-state index in [2.05, 4.69) is 79.1 Å². The van der Waals surface area contributed by atoms with E-state index in [0.717, 1.165) is 57.8 Å². The molecule has 0 saturated carbocycles. The summed E-state index contributed by atoms with van der Waals surface area (Å²) >= 11 is 0. The first-order valence-electron chi connectivity index (χ1n) is 21.4. The Morgan fingerprint density at radius 1 is 0.554 bits per heavy atom. The molecular weight excluding hydrogens is 731 g/mol. The van der Waals surface area contributed by atoms with Crippen LogP contribution in [0.25, 0.3) is 0 Å². The number of carbonyl (C=O) groups is 2. The lowest BCUT2D eigenvalue weighted by atomic mass is 10.0. The predicted molar refractivity (Wildman–Crippen MR) is 228 cm³/mol. The van der Waals surface area contributed by atoms with Gasteiger partial charge in [-0.2, -0.15) is 0 Å². The molecule has 56 heavy (non-hydrogen) atoms. The smallest absolute Gasteiger partial charge is 0.462 e. The van der Waals surface area contributed by atoms with E-state index in [1.54, 1.807) is 0 Å². The quantitative estimate of drug-likeness (QED) is 0.0237. The average molecular weight is 809 g/mol. The number of aliphatic hydroxyl groups excluding tert-OH is 2. The summed E-state index contributed by atoms with van der Waals surface area (Å²) in [6, 6.07) is 0. The monoisotopic (exact) mass is 809 g/mol. The second-order valence-corrected chi connectivity index (χ2v) is 15.4. The first-order valence-corrected chi connectivity index (χ1v) is 22.9. The van der Waals surface area contributed by atoms with Gasteiger partial charge < -0.3 is 24.6 Å². The van der Waals surface area contributed by atoms with Crippen molar-refractivity contribution in [3.63, 3.8) is 0 Å². The van der Waals surface area contributed by atoms with Crippen LogP contribution in [0.1, 0.15) is 162 Å². The van der Waals surface area contributed by atoms with Crippen molar-refractivity contribution in [1.82, 2.24) is 0 Å². The van der Waals surface area contributed by atoms with Gasteiger partial charge >= 0.3 is 19.8 Å². The molecule has 0 heterocycles. The molecule has 0 fully saturated rings. The van der Waals surface area contributed by atoms with Gasteiger partial charge in [0.2, 0.25) is 0 Å². The molecule has 0 rings (SSSR count). The van der Waals surface area contributed by atoms with Gasteiger partial charge in [0.15, 0.2) is 6.10 Å². The first-order chi connectivity index (χ1) is 27.2. The number of ether oxygens (including phenoxy) is 2. The highest BCUT2D eigenvalue weighted by atomic mass is 31.2. The van der Waals surface area contributed by atoms with Gasteiger partial charge in [0.05, 0.1) is 19.8 Å². The van der Waals surface area contributed by atoms with E-state index in [1.807, 2.05) is 12.2 Å². The minimum atomic E-state index is -4.64. The van der Waals surface area contributed by atoms with Crippen LogP contribution in [0.15, 0.2) is 72.9 Å². The van der Waals surface area contributed by atoms with Gasteiger partial charge in [0.25, 0.3) is 0 Å². The third-order valence-electron chi connectivity index (χ3n) is 8.64. The van der Waals surface area contributed by atoms with Crippen LogP contribution in [0.4, 0.5) is 0 Å². The molecule has 0 radical (unpaired) electrons. The number of carbonyl (C=O) groups excluding carboxylic acids is 2. The molecule has 0 spiro atoms. The summed E-state index contributed by atoms with van der Waals surface area (Å²) in [6.07, 6.45) is 46.0. The van der Waals surface area contributed by atoms with Crippen molar-refractivity contribution in [2.45, 2.75) is 174 Å². The third-order valence-corrected chi connectivity index (χ3v) is 9.59. The Hall–Kier alpha value is -2.59. The van der Waals surface area contributed by atoms with Crippen LogP contribution in [0.5, 0.6) is 0 Å². The Kier molecular flexibility index (Phi) is 38.7. The van der Waals surface area contributed by atoms with E-state index in [0.29, 0.717) is 12.8 Å². The molecule has 0 aromatic rings. The van der Waals surface area contributed by atoms with E-state index in [9.17, 15) is 24.2 Å². The first kappa shape index (κ1) is 53.4. The molecule has 1 unspecified atom stereocenters. The van der Waals surface area contributed by atoms with Crippen molar-refractivity contribution in [3.05, 3.63) is 72.9 Å². The molecule has 0 aromatic carbocycles. The molecule has 0 aromatic heterocycles. The van der Waals surface area contributed by atoms with E-state index in [4.69, 9.17) is 19.1 Å². The summed E-state index contributed by atoms with van der Waals surface area (Å²) in [4.78, 5) is 34.9. The lowest BCUT2D eigenvalue weighted by Gasteiger charge is -2.20. The zero-order chi connectivity index (χ0) is 41.2. The van der Waals surface area contributed by atoms with Crippen molar-refractivity contribution in [2.24, 2.45) is 0 Å². The molecule has 0 aliphatic rings. The van der Waals surface area contributed by atoms with E-state index >= 15 is 0 Å². The largest absolute Gasteiger partial charge is 0.472 e. The Labute approximate surface area is 339 Å². The highest BCUT2D eigenvalue weighted by Gasteiger charge is 2.27. The van der Waals surface area contributed by atoms with E-state index in [-0.39, 0.29) is 19.4 Å². The summed E-state index contributed by atoms with van der Waals surface area (Å²) in [5.74, 6) is -1.02. The molecule has 0 aliphatic heterocycles. The normalized spacial score (nSPS) is 14.6. The van der Waals surface area contributed by atoms with Gasteiger partial charge in [0.1, 0.15) is 12.7 Å². The van der Waals surface area contributed by atoms with Gasteiger partial charge in [-0.15, -0.1) is 0 Å². The van der Waals surface area contributed by atoms with Crippen LogP contribution in [-0.4, -0.2) is 65.7 Å². The van der Waals surface area contributed by atoms with Crippen LogP contribution < -0.4 is 0 Å². The second kappa shape index (κ2) is 40.6. The van der Waals surface area contributed by atoms with Crippen molar-refractivity contribution in [2.75, 3.05) is 26.4 Å². The van der Waals surface area contributed by atoms with E-state index in [1.165, 1.54) is 64.2 Å². The fourth-order valence-corrected chi connectivity index (χ4v) is 6.16. The molecule has 0 amide bonds. The minimum Gasteiger partial charge on any atom is -0.462 e. The van der Waals surface area contributed by atoms with Crippen molar-refractivity contribution < 1.29 is 47.8 Å². The fourth-order valence-electron chi connectivity index (χ4n) is 5.37. The Morgan fingerprint density at radius 3 is 1.45 bits per heavy atom. The zero-order valence-electron chi connectivity index (χ0n) is 34.8. The van der Waals surface area contributed by atoms with Gasteiger partial charge in [0, 0.05) is 12.8 Å². The molecule has 0 aliphatic carbocycles. The fraction of sp³-hybridized carbons (Fsp3) is 0.689. The van der Waals surface area contributed by atoms with Gasteiger partial charge in [-0.3, -0.25) is 18.6 Å². The number of allylic oxidation sites excluding steroid dienone is 12. The highest BCUT2D eigenvalue weighted by molar-refractivity contribution is 7.47. The number of unbranched alkanes of at least 4 members (excludes halogenated alkanes) is 13. The SMILES string of the molecule is CC/C=C/C/C=C/C/C=C/C/C=C/C/C=C/C/C=C/CCC(=O)O[C@H](COC(=O)CCCCCCCCCCCCCCCC)COP(=O)(O)OC[C@@H](O)CO. The topological polar surface area (TPSA) is 149 Å². The van der Waals surface area contributed by atoms with Crippen LogP contribution in [0.2, 0.25) is 0 Å². The lowest BCUT2D eigenvalue weighted by molar-refractivity contribution is -0.161. The summed E-state index contributed by atoms with van der Waals surface area (Å²) in [6.45, 7) is 2.17. The maximum absolute atomic E-state index is 12.6. The summed E-state index contributed by atoms with van der Waals surface area (Å²) in [7, 11) is -4.64. The maximum Gasteiger partial charge on any atom is 0.472 e. The number of aliphatic hydroxyl groups is 2. The number of esters is 2. The molecule has 322 valence electrons. The number of hydrogen-bond donors (Lipinski definition) is 3. The lowest BCUT2D eigenvalue weighted by Crippen LogP contribution is -2.29. The molecule has 3 atom stereocenters. The number of phosphoric acid groups is 1. The Morgan fingerprint density at radius 2 is 0.982 bits per heavy atom. The number of rotatable bonds is 39. The number of hydrogen-bond acceptors (Lipinski definition) is 9. The van der Waals surface area contributed by atoms with Gasteiger partial charge in [-0.25, -0.2) is 4.57 Å². The van der Waals surface area contributed by atoms with Crippen molar-refractivity contribution >= 4 is 19.8 Å². The molecular formula is C45H77O10P. The molecule has 10 nitrogen and oxygen atoms in total. The van der Waals surface area contributed by atoms with E-state index < -0.39 is 51.8 Å². The van der Waals surface area contributed by atoms with Crippen molar-refractivity contribution in [1.29, 1.82) is 0 Å². The summed E-state index contributed by atoms with van der Waals surface area (Å²) in [5, 5.41) is 18.3. The third kappa shape index (κ3) is 39.6. The highest BCUT2D eigenvalue weighted by Crippen LogP contribution is 2.43. The van der Waals surface area contributed by atoms with Gasteiger partial charge in [-0.05, 0) is 51.4 Å². The average Bonchev–Trinajstić information content (AvgIpc) is 3.19. The van der Waals surface area contributed by atoms with Crippen molar-refractivity contribution in [3.8, 4) is 0 Å². The van der Waals surface area contributed by atoms with Crippen LogP contribution in [0, 0.1) is 0 Å². The minimum absolute atomic E-state index is 0.0572. The van der Waals surface area contributed by atoms with Crippen LogP contribution >= 0.6 is 7.82 Å². The van der Waals surface area contributed by atoms with Crippen LogP contribution in [0.3, 0.4) is 0 Å². The van der Waals surface area contributed by atoms with Gasteiger partial charge in [-0.1, -0.05) is 170 Å². The molecule has 0 bridgehead atoms. The maximum atomic E-state index is 12.6.